The molecule has 2 aliphatic heterocycles. The van der Waals surface area contributed by atoms with Gasteiger partial charge in [0.2, 0.25) is 0 Å². The fourth-order valence-corrected chi connectivity index (χ4v) is 3.92. The predicted octanol–water partition coefficient (Wildman–Crippen LogP) is 2.04. The van der Waals surface area contributed by atoms with Crippen LogP contribution in [0.3, 0.4) is 0 Å². The fraction of sp³-hybridized carbons (Fsp3) is 1.00. The first-order chi connectivity index (χ1) is 9.20. The molecular formula is C16H33N3. The van der Waals surface area contributed by atoms with Crippen LogP contribution < -0.4 is 5.32 Å². The SMILES string of the molecule is CCCNCC(C)CN1CCC2C(CCCN2C)C1. The third kappa shape index (κ3) is 4.44. The molecule has 112 valence electrons. The molecule has 0 aliphatic carbocycles. The maximum absolute atomic E-state index is 3.55. The van der Waals surface area contributed by atoms with E-state index in [9.17, 15) is 0 Å². The van der Waals surface area contributed by atoms with Gasteiger partial charge in [-0.1, -0.05) is 13.8 Å². The molecule has 3 atom stereocenters. The highest BCUT2D eigenvalue weighted by molar-refractivity contribution is 4.89. The molecule has 2 heterocycles. The van der Waals surface area contributed by atoms with Gasteiger partial charge in [-0.05, 0) is 70.7 Å². The van der Waals surface area contributed by atoms with E-state index in [2.05, 4.69) is 36.0 Å². The van der Waals surface area contributed by atoms with Crippen LogP contribution in [0.4, 0.5) is 0 Å². The van der Waals surface area contributed by atoms with E-state index < -0.39 is 0 Å². The molecule has 3 heteroatoms. The standard InChI is InChI=1S/C16H33N3/c1-4-8-17-11-14(2)12-19-10-7-16-15(13-19)6-5-9-18(16)3/h14-17H,4-13H2,1-3H3. The summed E-state index contributed by atoms with van der Waals surface area (Å²) in [4.78, 5) is 5.33. The van der Waals surface area contributed by atoms with Crippen molar-refractivity contribution in [3.8, 4) is 0 Å². The number of hydrogen-bond acceptors (Lipinski definition) is 3. The minimum atomic E-state index is 0.782. The molecule has 0 radical (unpaired) electrons. The third-order valence-corrected chi connectivity index (χ3v) is 4.92. The molecule has 0 aromatic rings. The lowest BCUT2D eigenvalue weighted by molar-refractivity contribution is 0.0334. The number of rotatable bonds is 6. The van der Waals surface area contributed by atoms with Gasteiger partial charge in [-0.3, -0.25) is 0 Å². The third-order valence-electron chi connectivity index (χ3n) is 4.92. The maximum atomic E-state index is 3.55. The highest BCUT2D eigenvalue weighted by Crippen LogP contribution is 2.29. The highest BCUT2D eigenvalue weighted by Gasteiger charge is 2.34. The molecule has 3 unspecified atom stereocenters. The molecule has 0 aromatic carbocycles. The molecule has 2 saturated heterocycles. The first-order valence-electron chi connectivity index (χ1n) is 8.34. The van der Waals surface area contributed by atoms with E-state index in [1.807, 2.05) is 0 Å². The number of piperidine rings is 2. The number of nitrogens with zero attached hydrogens (tertiary/aromatic N) is 2. The molecule has 3 nitrogen and oxygen atoms in total. The summed E-state index contributed by atoms with van der Waals surface area (Å²) in [7, 11) is 2.32. The Hall–Kier alpha value is -0.120. The minimum absolute atomic E-state index is 0.782. The van der Waals surface area contributed by atoms with Gasteiger partial charge in [0.1, 0.15) is 0 Å². The summed E-state index contributed by atoms with van der Waals surface area (Å²) in [6.45, 7) is 12.2. The fourth-order valence-electron chi connectivity index (χ4n) is 3.92. The molecule has 0 aromatic heterocycles. The second kappa shape index (κ2) is 7.61. The monoisotopic (exact) mass is 267 g/mol. The van der Waals surface area contributed by atoms with Crippen LogP contribution in [0.15, 0.2) is 0 Å². The van der Waals surface area contributed by atoms with Crippen LogP contribution in [-0.4, -0.2) is 62.2 Å². The lowest BCUT2D eigenvalue weighted by Crippen LogP contribution is -2.53. The van der Waals surface area contributed by atoms with Gasteiger partial charge in [0.15, 0.2) is 0 Å². The van der Waals surface area contributed by atoms with E-state index in [4.69, 9.17) is 0 Å². The summed E-state index contributed by atoms with van der Waals surface area (Å²) in [6, 6.07) is 0.874. The topological polar surface area (TPSA) is 18.5 Å². The Kier molecular flexibility index (Phi) is 6.11. The van der Waals surface area contributed by atoms with Gasteiger partial charge < -0.3 is 15.1 Å². The Morgan fingerprint density at radius 3 is 2.89 bits per heavy atom. The Balaban J connectivity index is 1.71. The van der Waals surface area contributed by atoms with Crippen molar-refractivity contribution in [1.29, 1.82) is 0 Å². The number of nitrogens with one attached hydrogen (secondary N) is 1. The van der Waals surface area contributed by atoms with E-state index >= 15 is 0 Å². The van der Waals surface area contributed by atoms with Crippen molar-refractivity contribution >= 4 is 0 Å². The summed E-state index contributed by atoms with van der Waals surface area (Å²) in [5, 5.41) is 3.55. The van der Waals surface area contributed by atoms with Crippen molar-refractivity contribution in [2.45, 2.75) is 45.6 Å². The van der Waals surface area contributed by atoms with Gasteiger partial charge in [-0.15, -0.1) is 0 Å². The molecule has 0 saturated carbocycles. The van der Waals surface area contributed by atoms with E-state index in [0.717, 1.165) is 17.9 Å². The Morgan fingerprint density at radius 1 is 1.26 bits per heavy atom. The highest BCUT2D eigenvalue weighted by atomic mass is 15.2. The zero-order valence-electron chi connectivity index (χ0n) is 13.2. The van der Waals surface area contributed by atoms with Crippen LogP contribution in [0.25, 0.3) is 0 Å². The van der Waals surface area contributed by atoms with Crippen LogP contribution in [0.5, 0.6) is 0 Å². The molecule has 0 bridgehead atoms. The number of hydrogen-bond donors (Lipinski definition) is 1. The van der Waals surface area contributed by atoms with Crippen molar-refractivity contribution in [3.05, 3.63) is 0 Å². The normalized spacial score (nSPS) is 31.1. The first kappa shape index (κ1) is 15.3. The van der Waals surface area contributed by atoms with Crippen molar-refractivity contribution in [1.82, 2.24) is 15.1 Å². The lowest BCUT2D eigenvalue weighted by atomic mass is 9.84. The van der Waals surface area contributed by atoms with Crippen LogP contribution in [0.2, 0.25) is 0 Å². The van der Waals surface area contributed by atoms with E-state index in [1.54, 1.807) is 0 Å². The van der Waals surface area contributed by atoms with E-state index in [1.165, 1.54) is 65.0 Å². The van der Waals surface area contributed by atoms with E-state index in [-0.39, 0.29) is 0 Å². The Morgan fingerprint density at radius 2 is 2.11 bits per heavy atom. The second-order valence-corrected chi connectivity index (χ2v) is 6.81. The molecule has 2 aliphatic rings. The van der Waals surface area contributed by atoms with E-state index in [0.29, 0.717) is 0 Å². The predicted molar refractivity (Wildman–Crippen MR) is 82.5 cm³/mol. The zero-order valence-corrected chi connectivity index (χ0v) is 13.2. The molecule has 0 amide bonds. The van der Waals surface area contributed by atoms with Crippen molar-refractivity contribution in [3.63, 3.8) is 0 Å². The van der Waals surface area contributed by atoms with Gasteiger partial charge in [0, 0.05) is 19.1 Å². The first-order valence-corrected chi connectivity index (χ1v) is 8.34. The van der Waals surface area contributed by atoms with Gasteiger partial charge in [0.25, 0.3) is 0 Å². The van der Waals surface area contributed by atoms with Crippen LogP contribution in [-0.2, 0) is 0 Å². The molecule has 1 N–H and O–H groups in total. The quantitative estimate of drug-likeness (QED) is 0.743. The molecule has 0 spiro atoms. The summed E-state index contributed by atoms with van der Waals surface area (Å²) in [5.41, 5.74) is 0. The Labute approximate surface area is 119 Å². The van der Waals surface area contributed by atoms with Crippen molar-refractivity contribution in [2.75, 3.05) is 46.3 Å². The molecular weight excluding hydrogens is 234 g/mol. The number of likely N-dealkylation sites (tertiary alicyclic amines) is 2. The van der Waals surface area contributed by atoms with Crippen LogP contribution in [0, 0.1) is 11.8 Å². The van der Waals surface area contributed by atoms with Crippen molar-refractivity contribution in [2.24, 2.45) is 11.8 Å². The largest absolute Gasteiger partial charge is 0.316 e. The molecule has 19 heavy (non-hydrogen) atoms. The zero-order chi connectivity index (χ0) is 13.7. The van der Waals surface area contributed by atoms with Crippen LogP contribution >= 0.6 is 0 Å². The van der Waals surface area contributed by atoms with Crippen LogP contribution in [0.1, 0.15) is 39.5 Å². The molecule has 2 fully saturated rings. The number of fused-ring (bicyclic) bond motifs is 1. The summed E-state index contributed by atoms with van der Waals surface area (Å²) in [5.74, 6) is 1.72. The van der Waals surface area contributed by atoms with Crippen molar-refractivity contribution < 1.29 is 0 Å². The Bertz CT molecular complexity index is 256. The average molecular weight is 267 g/mol. The van der Waals surface area contributed by atoms with Gasteiger partial charge in [-0.2, -0.15) is 0 Å². The van der Waals surface area contributed by atoms with Gasteiger partial charge in [0.05, 0.1) is 0 Å². The van der Waals surface area contributed by atoms with Gasteiger partial charge in [-0.25, -0.2) is 0 Å². The summed E-state index contributed by atoms with van der Waals surface area (Å²) < 4.78 is 0. The maximum Gasteiger partial charge on any atom is 0.0145 e. The summed E-state index contributed by atoms with van der Waals surface area (Å²) >= 11 is 0. The minimum Gasteiger partial charge on any atom is -0.316 e. The summed E-state index contributed by atoms with van der Waals surface area (Å²) in [6.07, 6.45) is 5.48. The second-order valence-electron chi connectivity index (χ2n) is 6.81. The smallest absolute Gasteiger partial charge is 0.0145 e. The van der Waals surface area contributed by atoms with Gasteiger partial charge >= 0.3 is 0 Å². The lowest BCUT2D eigenvalue weighted by Gasteiger charge is -2.46. The average Bonchev–Trinajstić information content (AvgIpc) is 2.39. The molecule has 2 rings (SSSR count).